The predicted octanol–water partition coefficient (Wildman–Crippen LogP) is 0.884. The fourth-order valence-corrected chi connectivity index (χ4v) is 5.18. The molecule has 1 aliphatic rings. The van der Waals surface area contributed by atoms with E-state index in [0.29, 0.717) is 44.4 Å². The highest BCUT2D eigenvalue weighted by molar-refractivity contribution is 7.98. The van der Waals surface area contributed by atoms with E-state index in [1.54, 1.807) is 6.20 Å². The van der Waals surface area contributed by atoms with Crippen molar-refractivity contribution in [3.63, 3.8) is 0 Å². The van der Waals surface area contributed by atoms with E-state index < -0.39 is 35.9 Å². The van der Waals surface area contributed by atoms with Gasteiger partial charge in [-0.2, -0.15) is 11.8 Å². The molecule has 11 nitrogen and oxygen atoms in total. The lowest BCUT2D eigenvalue weighted by Gasteiger charge is -2.25. The van der Waals surface area contributed by atoms with Crippen molar-refractivity contribution in [2.24, 2.45) is 5.73 Å². The molecule has 39 heavy (non-hydrogen) atoms. The van der Waals surface area contributed by atoms with Crippen LogP contribution in [0.3, 0.4) is 0 Å². The molecule has 2 aromatic rings. The fraction of sp³-hybridized carbons (Fsp3) is 0.556. The Bertz CT molecular complexity index is 1120. The molecular weight excluding hydrogens is 520 g/mol. The molecule has 12 heteroatoms. The number of hydrogen-bond acceptors (Lipinski definition) is 7. The third kappa shape index (κ3) is 8.97. The monoisotopic (exact) mass is 560 g/mol. The molecule has 0 bridgehead atoms. The number of aromatic amines is 1. The number of H-pyrrole nitrogens is 1. The highest BCUT2D eigenvalue weighted by Crippen LogP contribution is 2.19. The molecule has 1 aliphatic heterocycles. The lowest BCUT2D eigenvalue weighted by atomic mass is 10.0. The summed E-state index contributed by atoms with van der Waals surface area (Å²) in [5.74, 6) is -1.87. The molecule has 3 rings (SSSR count). The predicted molar refractivity (Wildman–Crippen MR) is 152 cm³/mol. The topological polar surface area (TPSA) is 178 Å². The molecule has 1 aromatic carbocycles. The van der Waals surface area contributed by atoms with Gasteiger partial charge >= 0.3 is 5.97 Å². The Hall–Kier alpha value is -3.09. The first-order valence-electron chi connectivity index (χ1n) is 13.4. The van der Waals surface area contributed by atoms with Crippen molar-refractivity contribution in [2.75, 3.05) is 25.1 Å². The maximum absolute atomic E-state index is 13.3. The molecule has 1 saturated heterocycles. The summed E-state index contributed by atoms with van der Waals surface area (Å²) in [4.78, 5) is 54.5. The number of para-hydroxylation sites is 1. The lowest BCUT2D eigenvalue weighted by Crippen LogP contribution is -2.57. The number of carboxylic acids is 1. The standard InChI is InChI=1S/C27H40N6O5S/c1-39-14-11-22(32-25(35)21(9-4-5-12-28)31-24(34)20-10-6-13-29-20)26(36)33-23(27(37)38)15-17-16-30-19-8-3-2-7-18(17)19/h2-3,7-8,16,20-23,29-30H,4-6,9-15,28H2,1H3,(H,31,34)(H,32,35)(H,33,36)(H,37,38). The minimum Gasteiger partial charge on any atom is -0.480 e. The summed E-state index contributed by atoms with van der Waals surface area (Å²) in [7, 11) is 0. The van der Waals surface area contributed by atoms with Crippen LogP contribution >= 0.6 is 11.8 Å². The van der Waals surface area contributed by atoms with Crippen molar-refractivity contribution < 1.29 is 24.3 Å². The molecular formula is C27H40N6O5S. The third-order valence-corrected chi connectivity index (χ3v) is 7.56. The summed E-state index contributed by atoms with van der Waals surface area (Å²) < 4.78 is 0. The molecule has 0 saturated carbocycles. The van der Waals surface area contributed by atoms with Crippen LogP contribution in [0.4, 0.5) is 0 Å². The number of aromatic nitrogens is 1. The van der Waals surface area contributed by atoms with Crippen molar-refractivity contribution in [1.29, 1.82) is 0 Å². The van der Waals surface area contributed by atoms with Crippen molar-refractivity contribution in [2.45, 2.75) is 69.1 Å². The fourth-order valence-electron chi connectivity index (χ4n) is 4.71. The minimum atomic E-state index is -1.18. The number of benzene rings is 1. The van der Waals surface area contributed by atoms with Crippen LogP contribution in [0.5, 0.6) is 0 Å². The van der Waals surface area contributed by atoms with Crippen LogP contribution in [0.15, 0.2) is 30.5 Å². The normalized spacial score (nSPS) is 17.3. The Labute approximate surface area is 232 Å². The van der Waals surface area contributed by atoms with E-state index in [0.717, 1.165) is 29.4 Å². The van der Waals surface area contributed by atoms with E-state index in [9.17, 15) is 24.3 Å². The number of rotatable bonds is 16. The zero-order chi connectivity index (χ0) is 28.2. The van der Waals surface area contributed by atoms with E-state index in [1.165, 1.54) is 11.8 Å². The molecule has 8 N–H and O–H groups in total. The molecule has 0 radical (unpaired) electrons. The Morgan fingerprint density at radius 3 is 2.44 bits per heavy atom. The summed E-state index contributed by atoms with van der Waals surface area (Å²) in [5.41, 5.74) is 7.26. The summed E-state index contributed by atoms with van der Waals surface area (Å²) in [6, 6.07) is 4.24. The number of unbranched alkanes of at least 4 members (excludes halogenated alkanes) is 1. The Kier molecular flexibility index (Phi) is 12.1. The van der Waals surface area contributed by atoms with Gasteiger partial charge in [-0.3, -0.25) is 14.4 Å². The number of fused-ring (bicyclic) bond motifs is 1. The van der Waals surface area contributed by atoms with Crippen molar-refractivity contribution in [1.82, 2.24) is 26.3 Å². The van der Waals surface area contributed by atoms with Gasteiger partial charge < -0.3 is 37.1 Å². The molecule has 1 aromatic heterocycles. The van der Waals surface area contributed by atoms with Gasteiger partial charge in [-0.25, -0.2) is 4.79 Å². The average Bonchev–Trinajstić information content (AvgIpc) is 3.61. The first-order valence-corrected chi connectivity index (χ1v) is 14.8. The van der Waals surface area contributed by atoms with Crippen LogP contribution < -0.4 is 27.0 Å². The van der Waals surface area contributed by atoms with Gasteiger partial charge in [0.2, 0.25) is 17.7 Å². The molecule has 0 aliphatic carbocycles. The molecule has 3 amide bonds. The molecule has 0 spiro atoms. The van der Waals surface area contributed by atoms with E-state index in [4.69, 9.17) is 5.73 Å². The Morgan fingerprint density at radius 2 is 1.77 bits per heavy atom. The SMILES string of the molecule is CSCCC(NC(=O)C(CCCCN)NC(=O)C1CCCN1)C(=O)NC(Cc1c[nH]c2ccccc12)C(=O)O. The van der Waals surface area contributed by atoms with E-state index >= 15 is 0 Å². The third-order valence-electron chi connectivity index (χ3n) is 6.91. The summed E-state index contributed by atoms with van der Waals surface area (Å²) in [5, 5.41) is 22.1. The van der Waals surface area contributed by atoms with Crippen LogP contribution in [0.2, 0.25) is 0 Å². The molecule has 214 valence electrons. The van der Waals surface area contributed by atoms with Gasteiger partial charge in [0.15, 0.2) is 0 Å². The van der Waals surface area contributed by atoms with Gasteiger partial charge in [-0.15, -0.1) is 0 Å². The molecule has 2 heterocycles. The molecule has 1 fully saturated rings. The second kappa shape index (κ2) is 15.5. The van der Waals surface area contributed by atoms with Crippen LogP contribution in [0, 0.1) is 0 Å². The first-order chi connectivity index (χ1) is 18.8. The van der Waals surface area contributed by atoms with Gasteiger partial charge in [-0.1, -0.05) is 18.2 Å². The second-order valence-electron chi connectivity index (χ2n) is 9.80. The number of thioether (sulfide) groups is 1. The van der Waals surface area contributed by atoms with Gasteiger partial charge in [0.1, 0.15) is 18.1 Å². The number of amides is 3. The van der Waals surface area contributed by atoms with Gasteiger partial charge in [0.25, 0.3) is 0 Å². The number of nitrogens with two attached hydrogens (primary N) is 1. The maximum Gasteiger partial charge on any atom is 0.326 e. The van der Waals surface area contributed by atoms with E-state index in [2.05, 4.69) is 26.3 Å². The quantitative estimate of drug-likeness (QED) is 0.148. The van der Waals surface area contributed by atoms with Crippen LogP contribution in [-0.4, -0.2) is 83.0 Å². The van der Waals surface area contributed by atoms with Crippen LogP contribution in [0.1, 0.15) is 44.1 Å². The summed E-state index contributed by atoms with van der Waals surface area (Å²) >= 11 is 1.51. The second-order valence-corrected chi connectivity index (χ2v) is 10.8. The number of hydrogen-bond donors (Lipinski definition) is 7. The van der Waals surface area contributed by atoms with E-state index in [-0.39, 0.29) is 18.4 Å². The zero-order valence-corrected chi connectivity index (χ0v) is 23.1. The highest BCUT2D eigenvalue weighted by Gasteiger charge is 2.31. The zero-order valence-electron chi connectivity index (χ0n) is 22.3. The van der Waals surface area contributed by atoms with Gasteiger partial charge in [-0.05, 0) is 75.3 Å². The largest absolute Gasteiger partial charge is 0.480 e. The maximum atomic E-state index is 13.3. The summed E-state index contributed by atoms with van der Waals surface area (Å²) in [6.45, 7) is 1.22. The lowest BCUT2D eigenvalue weighted by molar-refractivity contribution is -0.142. The number of carboxylic acid groups (broad SMARTS) is 1. The molecule has 4 unspecified atom stereocenters. The van der Waals surface area contributed by atoms with Crippen LogP contribution in [0.25, 0.3) is 10.9 Å². The number of carbonyl (C=O) groups excluding carboxylic acids is 3. The Balaban J connectivity index is 1.69. The number of nitrogens with one attached hydrogen (secondary N) is 5. The van der Waals surface area contributed by atoms with Crippen molar-refractivity contribution in [3.8, 4) is 0 Å². The number of carbonyl (C=O) groups is 4. The van der Waals surface area contributed by atoms with Gasteiger partial charge in [0.05, 0.1) is 6.04 Å². The smallest absolute Gasteiger partial charge is 0.326 e. The summed E-state index contributed by atoms with van der Waals surface area (Å²) in [6.07, 6.45) is 7.35. The average molecular weight is 561 g/mol. The Morgan fingerprint density at radius 1 is 1.05 bits per heavy atom. The highest BCUT2D eigenvalue weighted by atomic mass is 32.2. The molecule has 4 atom stereocenters. The van der Waals surface area contributed by atoms with Crippen molar-refractivity contribution >= 4 is 46.4 Å². The number of aliphatic carboxylic acids is 1. The van der Waals surface area contributed by atoms with E-state index in [1.807, 2.05) is 30.5 Å². The van der Waals surface area contributed by atoms with Crippen molar-refractivity contribution in [3.05, 3.63) is 36.0 Å². The minimum absolute atomic E-state index is 0.0838. The van der Waals surface area contributed by atoms with Crippen LogP contribution in [-0.2, 0) is 25.6 Å². The first kappa shape index (κ1) is 30.5. The van der Waals surface area contributed by atoms with Gasteiger partial charge in [0, 0.05) is 23.5 Å².